The highest BCUT2D eigenvalue weighted by atomic mass is 35.5. The van der Waals surface area contributed by atoms with E-state index in [1.165, 1.54) is 24.3 Å². The molecule has 220 valence electrons. The molecule has 0 aliphatic carbocycles. The van der Waals surface area contributed by atoms with Crippen LogP contribution in [0.1, 0.15) is 22.3 Å². The van der Waals surface area contributed by atoms with Crippen LogP contribution in [0, 0.1) is 11.6 Å². The molecule has 0 bridgehead atoms. The average molecular weight is 611 g/mol. The van der Waals surface area contributed by atoms with E-state index in [0.29, 0.717) is 51.6 Å². The van der Waals surface area contributed by atoms with E-state index in [1.807, 2.05) is 9.80 Å². The van der Waals surface area contributed by atoms with Gasteiger partial charge in [0.15, 0.2) is 11.6 Å². The third kappa shape index (κ3) is 7.74. The van der Waals surface area contributed by atoms with Crippen LogP contribution in [0.25, 0.3) is 0 Å². The first-order valence-corrected chi connectivity index (χ1v) is 13.5. The van der Waals surface area contributed by atoms with Gasteiger partial charge < -0.3 is 20.1 Å². The standard InChI is InChI=1S/C26H29Cl2F5N4O3/c27-19-11-21(22(12-20(19)28)37-7-5-35(6-8-37)4-3-26(31,32)33)34-25(39)18-2-1-16(23(29)24(18)30)13-36-9-10-40-17(14-36)15-38/h1-2,11-12,17,38H,3-10,13-15H2,(H,34,39). The molecule has 2 N–H and O–H groups in total. The van der Waals surface area contributed by atoms with Gasteiger partial charge in [0.25, 0.3) is 5.91 Å². The second-order valence-corrected chi connectivity index (χ2v) is 10.6. The highest BCUT2D eigenvalue weighted by molar-refractivity contribution is 6.42. The number of piperazine rings is 1. The molecule has 2 aliphatic heterocycles. The van der Waals surface area contributed by atoms with E-state index < -0.39 is 41.8 Å². The molecule has 0 aromatic heterocycles. The minimum absolute atomic E-state index is 0.0614. The quantitative estimate of drug-likeness (QED) is 0.419. The molecule has 2 fully saturated rings. The van der Waals surface area contributed by atoms with Gasteiger partial charge in [0.05, 0.1) is 52.7 Å². The van der Waals surface area contributed by atoms with E-state index in [4.69, 9.17) is 27.9 Å². The number of nitrogens with zero attached hydrogens (tertiary/aromatic N) is 3. The predicted molar refractivity (Wildman–Crippen MR) is 142 cm³/mol. The van der Waals surface area contributed by atoms with Crippen LogP contribution in [0.4, 0.5) is 33.3 Å². The number of rotatable bonds is 8. The van der Waals surface area contributed by atoms with Gasteiger partial charge in [0, 0.05) is 57.9 Å². The summed E-state index contributed by atoms with van der Waals surface area (Å²) in [5.41, 5.74) is 0.216. The Morgan fingerprint density at radius 2 is 1.73 bits per heavy atom. The van der Waals surface area contributed by atoms with E-state index in [-0.39, 0.29) is 41.0 Å². The Morgan fingerprint density at radius 1 is 1.02 bits per heavy atom. The van der Waals surface area contributed by atoms with Crippen molar-refractivity contribution in [2.24, 2.45) is 0 Å². The van der Waals surface area contributed by atoms with Crippen molar-refractivity contribution < 1.29 is 36.6 Å². The number of anilines is 2. The molecule has 2 aliphatic rings. The minimum Gasteiger partial charge on any atom is -0.394 e. The maximum absolute atomic E-state index is 15.0. The van der Waals surface area contributed by atoms with Crippen LogP contribution >= 0.6 is 23.2 Å². The Labute approximate surface area is 238 Å². The first-order chi connectivity index (χ1) is 18.9. The van der Waals surface area contributed by atoms with Gasteiger partial charge in [-0.05, 0) is 18.2 Å². The Kier molecular flexibility index (Phi) is 10.1. The van der Waals surface area contributed by atoms with Gasteiger partial charge in [-0.3, -0.25) is 14.6 Å². The van der Waals surface area contributed by atoms with Crippen molar-refractivity contribution in [3.8, 4) is 0 Å². The number of aliphatic hydroxyl groups is 1. The normalized spacial score (nSPS) is 19.2. The molecule has 7 nitrogen and oxygen atoms in total. The second kappa shape index (κ2) is 13.2. The van der Waals surface area contributed by atoms with Crippen molar-refractivity contribution in [3.63, 3.8) is 0 Å². The summed E-state index contributed by atoms with van der Waals surface area (Å²) in [5, 5.41) is 12.2. The van der Waals surface area contributed by atoms with E-state index in [2.05, 4.69) is 5.32 Å². The van der Waals surface area contributed by atoms with Gasteiger partial charge >= 0.3 is 6.18 Å². The van der Waals surface area contributed by atoms with Crippen molar-refractivity contribution >= 4 is 40.5 Å². The Hall–Kier alpha value is -2.22. The highest BCUT2D eigenvalue weighted by Gasteiger charge is 2.30. The van der Waals surface area contributed by atoms with Gasteiger partial charge in [-0.2, -0.15) is 13.2 Å². The van der Waals surface area contributed by atoms with Crippen LogP contribution < -0.4 is 10.2 Å². The molecule has 40 heavy (non-hydrogen) atoms. The third-order valence-electron chi connectivity index (χ3n) is 6.94. The summed E-state index contributed by atoms with van der Waals surface area (Å²) in [4.78, 5) is 18.4. The number of halogens is 7. The van der Waals surface area contributed by atoms with E-state index >= 15 is 4.39 Å². The first kappa shape index (κ1) is 30.7. The number of alkyl halides is 3. The Bertz CT molecular complexity index is 1210. The number of benzene rings is 2. The van der Waals surface area contributed by atoms with E-state index in [9.17, 15) is 27.5 Å². The van der Waals surface area contributed by atoms with Crippen molar-refractivity contribution in [3.05, 3.63) is 57.1 Å². The zero-order valence-electron chi connectivity index (χ0n) is 21.4. The number of hydrogen-bond acceptors (Lipinski definition) is 6. The summed E-state index contributed by atoms with van der Waals surface area (Å²) in [6.07, 6.45) is -5.55. The summed E-state index contributed by atoms with van der Waals surface area (Å²) in [6.45, 7) is 2.39. The van der Waals surface area contributed by atoms with Crippen molar-refractivity contribution in [2.45, 2.75) is 25.2 Å². The van der Waals surface area contributed by atoms with Gasteiger partial charge in [0.2, 0.25) is 0 Å². The lowest BCUT2D eigenvalue weighted by atomic mass is 10.1. The van der Waals surface area contributed by atoms with Gasteiger partial charge in [0.1, 0.15) is 0 Å². The lowest BCUT2D eigenvalue weighted by molar-refractivity contribution is -0.138. The van der Waals surface area contributed by atoms with Gasteiger partial charge in [-0.1, -0.05) is 29.3 Å². The average Bonchev–Trinajstić information content (AvgIpc) is 2.92. The highest BCUT2D eigenvalue weighted by Crippen LogP contribution is 2.36. The lowest BCUT2D eigenvalue weighted by Gasteiger charge is -2.37. The van der Waals surface area contributed by atoms with Gasteiger partial charge in [-0.25, -0.2) is 8.78 Å². The van der Waals surface area contributed by atoms with E-state index in [0.717, 1.165) is 0 Å². The van der Waals surface area contributed by atoms with Crippen LogP contribution in [-0.2, 0) is 11.3 Å². The molecule has 1 amide bonds. The molecule has 2 heterocycles. The predicted octanol–water partition coefficient (Wildman–Crippen LogP) is 4.79. The SMILES string of the molecule is O=C(Nc1cc(Cl)c(Cl)cc1N1CCN(CCC(F)(F)F)CC1)c1ccc(CN2CCOC(CO)C2)c(F)c1F. The fourth-order valence-corrected chi connectivity index (χ4v) is 5.07. The van der Waals surface area contributed by atoms with Crippen molar-refractivity contribution in [1.29, 1.82) is 0 Å². The molecule has 2 aromatic rings. The molecule has 0 spiro atoms. The van der Waals surface area contributed by atoms with Crippen LogP contribution in [0.2, 0.25) is 10.0 Å². The molecule has 14 heteroatoms. The van der Waals surface area contributed by atoms with Crippen LogP contribution in [0.5, 0.6) is 0 Å². The molecule has 1 atom stereocenters. The number of carbonyl (C=O) groups excluding carboxylic acids is 1. The molecule has 2 saturated heterocycles. The van der Waals surface area contributed by atoms with Crippen LogP contribution in [0.3, 0.4) is 0 Å². The number of nitrogens with one attached hydrogen (secondary N) is 1. The van der Waals surface area contributed by atoms with Crippen LogP contribution in [-0.4, -0.2) is 92.1 Å². The second-order valence-electron chi connectivity index (χ2n) is 9.74. The van der Waals surface area contributed by atoms with Crippen molar-refractivity contribution in [1.82, 2.24) is 9.80 Å². The number of aliphatic hydroxyl groups excluding tert-OH is 1. The van der Waals surface area contributed by atoms with E-state index in [1.54, 1.807) is 4.90 Å². The third-order valence-corrected chi connectivity index (χ3v) is 7.66. The summed E-state index contributed by atoms with van der Waals surface area (Å²) in [7, 11) is 0. The molecule has 2 aromatic carbocycles. The fourth-order valence-electron chi connectivity index (χ4n) is 4.75. The lowest BCUT2D eigenvalue weighted by Crippen LogP contribution is -2.47. The summed E-state index contributed by atoms with van der Waals surface area (Å²) in [6, 6.07) is 5.45. The molecule has 4 rings (SSSR count). The molecule has 0 radical (unpaired) electrons. The topological polar surface area (TPSA) is 68.3 Å². The Balaban J connectivity index is 1.47. The Morgan fingerprint density at radius 3 is 2.40 bits per heavy atom. The molecule has 0 saturated carbocycles. The number of hydrogen-bond donors (Lipinski definition) is 2. The largest absolute Gasteiger partial charge is 0.394 e. The van der Waals surface area contributed by atoms with Gasteiger partial charge in [-0.15, -0.1) is 0 Å². The summed E-state index contributed by atoms with van der Waals surface area (Å²) in [5.74, 6) is -3.36. The number of ether oxygens (including phenoxy) is 1. The first-order valence-electron chi connectivity index (χ1n) is 12.7. The monoisotopic (exact) mass is 610 g/mol. The fraction of sp³-hybridized carbons (Fsp3) is 0.500. The maximum Gasteiger partial charge on any atom is 0.390 e. The minimum atomic E-state index is -4.24. The summed E-state index contributed by atoms with van der Waals surface area (Å²) >= 11 is 12.4. The molecular weight excluding hydrogens is 582 g/mol. The smallest absolute Gasteiger partial charge is 0.390 e. The number of amides is 1. The number of carbonyl (C=O) groups is 1. The molecule has 1 unspecified atom stereocenters. The molecular formula is C26H29Cl2F5N4O3. The zero-order valence-corrected chi connectivity index (χ0v) is 22.9. The maximum atomic E-state index is 15.0. The number of morpholine rings is 1. The zero-order chi connectivity index (χ0) is 29.0. The van der Waals surface area contributed by atoms with Crippen LogP contribution in [0.15, 0.2) is 24.3 Å². The van der Waals surface area contributed by atoms with Crippen molar-refractivity contribution in [2.75, 3.05) is 69.2 Å². The summed E-state index contributed by atoms with van der Waals surface area (Å²) < 4.78 is 73.2.